The lowest BCUT2D eigenvalue weighted by molar-refractivity contribution is 0.355. The number of rotatable bonds is 5. The van der Waals surface area contributed by atoms with Crippen LogP contribution in [0.1, 0.15) is 16.1 Å². The first kappa shape index (κ1) is 20.0. The molecule has 1 aliphatic rings. The molecule has 2 N–H and O–H groups in total. The summed E-state index contributed by atoms with van der Waals surface area (Å²) in [6.07, 6.45) is 0. The van der Waals surface area contributed by atoms with E-state index in [-0.39, 0.29) is 18.1 Å². The molecule has 154 valence electrons. The smallest absolute Gasteiger partial charge is 0.162 e. The van der Waals surface area contributed by atoms with E-state index >= 15 is 0 Å². The molecule has 0 saturated heterocycles. The van der Waals surface area contributed by atoms with Crippen molar-refractivity contribution in [3.8, 4) is 22.8 Å². The number of nitrogens with zero attached hydrogens (tertiary/aromatic N) is 2. The molecule has 0 amide bonds. The number of hydrogen-bond acceptors (Lipinski definition) is 6. The van der Waals surface area contributed by atoms with Gasteiger partial charge in [0.2, 0.25) is 0 Å². The zero-order valence-corrected chi connectivity index (χ0v) is 18.1. The third-order valence-electron chi connectivity index (χ3n) is 5.30. The van der Waals surface area contributed by atoms with Crippen LogP contribution in [0.4, 0.5) is 5.69 Å². The molecule has 0 atom stereocenters. The maximum atomic E-state index is 10.6. The van der Waals surface area contributed by atoms with Crippen LogP contribution in [0, 0.1) is 19.3 Å². The van der Waals surface area contributed by atoms with E-state index in [4.69, 9.17) is 19.9 Å². The molecule has 1 aromatic heterocycles. The second-order valence-corrected chi connectivity index (χ2v) is 7.99. The van der Waals surface area contributed by atoms with Crippen LogP contribution < -0.4 is 14.4 Å². The van der Waals surface area contributed by atoms with Gasteiger partial charge in [0.15, 0.2) is 11.5 Å². The van der Waals surface area contributed by atoms with Gasteiger partial charge in [-0.15, -0.1) is 11.3 Å². The highest BCUT2D eigenvalue weighted by molar-refractivity contribution is 7.11. The minimum absolute atomic E-state index is 0.135. The molecule has 0 saturated carbocycles. The molecule has 0 spiro atoms. The van der Waals surface area contributed by atoms with Crippen molar-refractivity contribution in [2.75, 3.05) is 25.7 Å². The van der Waals surface area contributed by atoms with Gasteiger partial charge in [-0.25, -0.2) is 4.98 Å². The Hall–Kier alpha value is -3.32. The Kier molecular flexibility index (Phi) is 5.22. The predicted molar refractivity (Wildman–Crippen MR) is 121 cm³/mol. The first-order valence-electron chi connectivity index (χ1n) is 9.47. The lowest BCUT2D eigenvalue weighted by Crippen LogP contribution is -2.26. The van der Waals surface area contributed by atoms with Gasteiger partial charge in [0.25, 0.3) is 0 Å². The third-order valence-corrected chi connectivity index (χ3v) is 6.16. The summed E-state index contributed by atoms with van der Waals surface area (Å²) >= 11 is 1.43. The lowest BCUT2D eigenvalue weighted by Gasteiger charge is -2.20. The second kappa shape index (κ2) is 7.84. The zero-order valence-electron chi connectivity index (χ0n) is 17.3. The quantitative estimate of drug-likeness (QED) is 0.591. The van der Waals surface area contributed by atoms with Crippen LogP contribution in [0.2, 0.25) is 0 Å². The van der Waals surface area contributed by atoms with Gasteiger partial charge in [0, 0.05) is 22.7 Å². The highest BCUT2D eigenvalue weighted by Gasteiger charge is 2.31. The second-order valence-electron chi connectivity index (χ2n) is 7.13. The van der Waals surface area contributed by atoms with Crippen molar-refractivity contribution in [1.29, 1.82) is 5.41 Å². The molecule has 0 fully saturated rings. The maximum absolute atomic E-state index is 10.6. The van der Waals surface area contributed by atoms with E-state index < -0.39 is 0 Å². The molecule has 0 unspecified atom stereocenters. The first-order chi connectivity index (χ1) is 14.4. The molecular formula is C23H23N3O3S. The molecule has 6 nitrogen and oxygen atoms in total. The van der Waals surface area contributed by atoms with Crippen molar-refractivity contribution in [1.82, 2.24) is 4.98 Å². The number of ether oxygens (including phenoxy) is 2. The Morgan fingerprint density at radius 2 is 1.80 bits per heavy atom. The van der Waals surface area contributed by atoms with Gasteiger partial charge >= 0.3 is 0 Å². The number of methoxy groups -OCH3 is 2. The lowest BCUT2D eigenvalue weighted by atomic mass is 10.1. The van der Waals surface area contributed by atoms with Crippen LogP contribution in [-0.2, 0) is 0 Å². The predicted octanol–water partition coefficient (Wildman–Crippen LogP) is 5.21. The number of aromatic nitrogens is 1. The number of thiazole rings is 1. The highest BCUT2D eigenvalue weighted by Crippen LogP contribution is 2.37. The van der Waals surface area contributed by atoms with Crippen LogP contribution in [0.5, 0.6) is 11.5 Å². The average Bonchev–Trinajstić information content (AvgIpc) is 3.33. The number of aryl methyl sites for hydroxylation is 2. The minimum Gasteiger partial charge on any atom is -0.510 e. The summed E-state index contributed by atoms with van der Waals surface area (Å²) in [5, 5.41) is 21.9. The molecule has 7 heteroatoms. The molecule has 3 aromatic rings. The molecule has 2 aromatic carbocycles. The van der Waals surface area contributed by atoms with Crippen molar-refractivity contribution >= 4 is 28.4 Å². The molecule has 0 bridgehead atoms. The largest absolute Gasteiger partial charge is 0.510 e. The normalized spacial score (nSPS) is 13.9. The van der Waals surface area contributed by atoms with Crippen molar-refractivity contribution < 1.29 is 14.6 Å². The van der Waals surface area contributed by atoms with Crippen molar-refractivity contribution in [2.45, 2.75) is 13.8 Å². The van der Waals surface area contributed by atoms with E-state index in [0.29, 0.717) is 22.1 Å². The topological polar surface area (TPSA) is 78.7 Å². The molecule has 0 radical (unpaired) electrons. The summed E-state index contributed by atoms with van der Waals surface area (Å²) in [5.74, 6) is 1.53. The average molecular weight is 422 g/mol. The Morgan fingerprint density at radius 1 is 1.03 bits per heavy atom. The van der Waals surface area contributed by atoms with E-state index in [1.165, 1.54) is 22.5 Å². The summed E-state index contributed by atoms with van der Waals surface area (Å²) in [6.45, 7) is 4.37. The minimum atomic E-state index is 0.135. The molecular weight excluding hydrogens is 398 g/mol. The summed E-state index contributed by atoms with van der Waals surface area (Å²) in [7, 11) is 3.15. The van der Waals surface area contributed by atoms with Crippen molar-refractivity contribution in [2.24, 2.45) is 0 Å². The number of nitrogens with one attached hydrogen (secondary N) is 1. The SMILES string of the molecule is COc1ccc(N2CC(O)=C(c3nc(-c4ccc(C)c(C)c4)cs3)C2=N)cc1OC. The van der Waals surface area contributed by atoms with Crippen LogP contribution in [-0.4, -0.2) is 36.7 Å². The zero-order chi connectivity index (χ0) is 21.4. The maximum Gasteiger partial charge on any atom is 0.162 e. The summed E-state index contributed by atoms with van der Waals surface area (Å²) in [6, 6.07) is 11.7. The molecule has 4 rings (SSSR count). The first-order valence-corrected chi connectivity index (χ1v) is 10.3. The van der Waals surface area contributed by atoms with Crippen LogP contribution in [0.25, 0.3) is 16.8 Å². The van der Waals surface area contributed by atoms with E-state index in [0.717, 1.165) is 16.9 Å². The van der Waals surface area contributed by atoms with Gasteiger partial charge in [-0.2, -0.15) is 0 Å². The highest BCUT2D eigenvalue weighted by atomic mass is 32.1. The van der Waals surface area contributed by atoms with E-state index in [1.807, 2.05) is 17.5 Å². The summed E-state index contributed by atoms with van der Waals surface area (Å²) < 4.78 is 10.7. The summed E-state index contributed by atoms with van der Waals surface area (Å²) in [5.41, 5.74) is 5.52. The van der Waals surface area contributed by atoms with Gasteiger partial charge in [-0.1, -0.05) is 12.1 Å². The number of benzene rings is 2. The Morgan fingerprint density at radius 3 is 2.50 bits per heavy atom. The number of aliphatic hydroxyl groups is 1. The standard InChI is InChI=1S/C23H23N3O3S/c1-13-5-6-15(9-14(13)2)17-12-30-23(25-17)21-18(27)11-26(22(21)24)16-7-8-19(28-3)20(10-16)29-4/h5-10,12,24,27H,11H2,1-4H3. The molecule has 0 aliphatic carbocycles. The van der Waals surface area contributed by atoms with Crippen LogP contribution in [0.15, 0.2) is 47.5 Å². The fourth-order valence-corrected chi connectivity index (χ4v) is 4.33. The third kappa shape index (κ3) is 3.41. The van der Waals surface area contributed by atoms with E-state index in [1.54, 1.807) is 31.3 Å². The van der Waals surface area contributed by atoms with Gasteiger partial charge in [0.1, 0.15) is 16.6 Å². The van der Waals surface area contributed by atoms with E-state index in [2.05, 4.69) is 26.0 Å². The number of hydrogen-bond donors (Lipinski definition) is 2. The van der Waals surface area contributed by atoms with E-state index in [9.17, 15) is 5.11 Å². The monoisotopic (exact) mass is 421 g/mol. The summed E-state index contributed by atoms with van der Waals surface area (Å²) in [4.78, 5) is 6.44. The molecule has 1 aliphatic heterocycles. The number of aliphatic hydroxyl groups excluding tert-OH is 1. The molecule has 2 heterocycles. The fourth-order valence-electron chi connectivity index (χ4n) is 3.44. The van der Waals surface area contributed by atoms with Gasteiger partial charge in [0.05, 0.1) is 32.0 Å². The fraction of sp³-hybridized carbons (Fsp3) is 0.217. The van der Waals surface area contributed by atoms with Crippen molar-refractivity contribution in [3.05, 3.63) is 63.7 Å². The van der Waals surface area contributed by atoms with Gasteiger partial charge < -0.3 is 19.5 Å². The van der Waals surface area contributed by atoms with Crippen molar-refractivity contribution in [3.63, 3.8) is 0 Å². The Bertz CT molecular complexity index is 1170. The number of amidine groups is 1. The number of anilines is 1. The van der Waals surface area contributed by atoms with Crippen LogP contribution in [0.3, 0.4) is 0 Å². The van der Waals surface area contributed by atoms with Crippen LogP contribution >= 0.6 is 11.3 Å². The molecule has 30 heavy (non-hydrogen) atoms. The Balaban J connectivity index is 1.63. The Labute approximate surface area is 179 Å². The van der Waals surface area contributed by atoms with Gasteiger partial charge in [-0.05, 0) is 43.2 Å². The van der Waals surface area contributed by atoms with Gasteiger partial charge in [-0.3, -0.25) is 5.41 Å².